The number of aromatic amines is 1. The molecule has 1 fully saturated rings. The van der Waals surface area contributed by atoms with Crippen LogP contribution >= 0.6 is 0 Å². The molecule has 3 N–H and O–H groups in total. The first-order valence-corrected chi connectivity index (χ1v) is 6.71. The average molecular weight is 264 g/mol. The van der Waals surface area contributed by atoms with Crippen LogP contribution < -0.4 is 5.73 Å². The Bertz CT molecular complexity index is 579. The van der Waals surface area contributed by atoms with E-state index in [-0.39, 0.29) is 18.3 Å². The van der Waals surface area contributed by atoms with Crippen molar-refractivity contribution in [2.24, 2.45) is 5.73 Å². The number of aromatic nitrogens is 1. The van der Waals surface area contributed by atoms with Crippen LogP contribution in [-0.2, 0) is 5.41 Å². The van der Waals surface area contributed by atoms with Gasteiger partial charge in [0.05, 0.1) is 0 Å². The second-order valence-electron chi connectivity index (χ2n) is 5.58. The standard InChI is InChI=1S/C15H18F2N2/c16-15(17)7-5-14(10-18,6-8-15)12-2-1-3-13-11(12)4-9-19-13/h1-4,9,19H,5-8,10,18H2. The van der Waals surface area contributed by atoms with Crippen molar-refractivity contribution in [2.45, 2.75) is 37.0 Å². The maximum Gasteiger partial charge on any atom is 0.248 e. The quantitative estimate of drug-likeness (QED) is 0.855. The van der Waals surface area contributed by atoms with Crippen molar-refractivity contribution in [3.63, 3.8) is 0 Å². The van der Waals surface area contributed by atoms with Gasteiger partial charge in [-0.2, -0.15) is 0 Å². The van der Waals surface area contributed by atoms with Gasteiger partial charge in [-0.05, 0) is 30.5 Å². The summed E-state index contributed by atoms with van der Waals surface area (Å²) in [5.41, 5.74) is 7.82. The van der Waals surface area contributed by atoms with Gasteiger partial charge in [0.15, 0.2) is 0 Å². The fourth-order valence-electron chi connectivity index (χ4n) is 3.23. The number of halogens is 2. The van der Waals surface area contributed by atoms with Crippen LogP contribution in [0, 0.1) is 0 Å². The van der Waals surface area contributed by atoms with Crippen molar-refractivity contribution in [2.75, 3.05) is 6.54 Å². The first-order chi connectivity index (χ1) is 9.06. The Labute approximate surface area is 111 Å². The highest BCUT2D eigenvalue weighted by Gasteiger charge is 2.44. The second kappa shape index (κ2) is 4.30. The van der Waals surface area contributed by atoms with Crippen molar-refractivity contribution in [1.82, 2.24) is 4.98 Å². The summed E-state index contributed by atoms with van der Waals surface area (Å²) in [7, 11) is 0. The first kappa shape index (κ1) is 12.6. The number of hydrogen-bond acceptors (Lipinski definition) is 1. The zero-order valence-corrected chi connectivity index (χ0v) is 10.8. The van der Waals surface area contributed by atoms with Gasteiger partial charge in [0.1, 0.15) is 0 Å². The molecule has 102 valence electrons. The molecule has 0 radical (unpaired) electrons. The Hall–Kier alpha value is -1.42. The third-order valence-electron chi connectivity index (χ3n) is 4.50. The number of rotatable bonds is 2. The van der Waals surface area contributed by atoms with E-state index in [1.165, 1.54) is 0 Å². The van der Waals surface area contributed by atoms with Crippen LogP contribution in [0.2, 0.25) is 0 Å². The predicted molar refractivity (Wildman–Crippen MR) is 72.4 cm³/mol. The smallest absolute Gasteiger partial charge is 0.248 e. The lowest BCUT2D eigenvalue weighted by molar-refractivity contribution is -0.0507. The lowest BCUT2D eigenvalue weighted by Crippen LogP contribution is -2.42. The summed E-state index contributed by atoms with van der Waals surface area (Å²) in [4.78, 5) is 3.17. The SMILES string of the molecule is NCC1(c2cccc3[nH]ccc23)CCC(F)(F)CC1. The van der Waals surface area contributed by atoms with Crippen LogP contribution in [0.1, 0.15) is 31.2 Å². The number of fused-ring (bicyclic) bond motifs is 1. The number of nitrogens with two attached hydrogens (primary N) is 1. The average Bonchev–Trinajstić information content (AvgIpc) is 2.88. The molecule has 3 rings (SSSR count). The van der Waals surface area contributed by atoms with E-state index in [9.17, 15) is 8.78 Å². The molecule has 0 spiro atoms. The molecule has 1 aromatic carbocycles. The van der Waals surface area contributed by atoms with Gasteiger partial charge in [-0.25, -0.2) is 8.78 Å². The molecular weight excluding hydrogens is 246 g/mol. The highest BCUT2D eigenvalue weighted by atomic mass is 19.3. The van der Waals surface area contributed by atoms with E-state index in [0.29, 0.717) is 19.4 Å². The van der Waals surface area contributed by atoms with Gasteiger partial charge in [0.2, 0.25) is 5.92 Å². The van der Waals surface area contributed by atoms with Crippen molar-refractivity contribution in [3.8, 4) is 0 Å². The highest BCUT2D eigenvalue weighted by molar-refractivity contribution is 5.84. The molecule has 1 aliphatic rings. The van der Waals surface area contributed by atoms with Crippen molar-refractivity contribution < 1.29 is 8.78 Å². The fraction of sp³-hybridized carbons (Fsp3) is 0.467. The Morgan fingerprint density at radius 2 is 1.84 bits per heavy atom. The fourth-order valence-corrected chi connectivity index (χ4v) is 3.23. The number of nitrogens with one attached hydrogen (secondary N) is 1. The van der Waals surface area contributed by atoms with Crippen LogP contribution in [0.15, 0.2) is 30.5 Å². The predicted octanol–water partition coefficient (Wildman–Crippen LogP) is 3.57. The lowest BCUT2D eigenvalue weighted by Gasteiger charge is -2.40. The van der Waals surface area contributed by atoms with E-state index >= 15 is 0 Å². The summed E-state index contributed by atoms with van der Waals surface area (Å²) in [6, 6.07) is 8.01. The zero-order valence-electron chi connectivity index (χ0n) is 10.8. The molecule has 4 heteroatoms. The summed E-state index contributed by atoms with van der Waals surface area (Å²) in [6.07, 6.45) is 2.67. The van der Waals surface area contributed by atoms with Gasteiger partial charge in [-0.1, -0.05) is 12.1 Å². The molecule has 0 bridgehead atoms. The molecule has 2 aromatic rings. The topological polar surface area (TPSA) is 41.8 Å². The minimum Gasteiger partial charge on any atom is -0.361 e. The molecule has 1 heterocycles. The zero-order chi connectivity index (χ0) is 13.5. The maximum absolute atomic E-state index is 13.4. The van der Waals surface area contributed by atoms with E-state index in [1.54, 1.807) is 0 Å². The third-order valence-corrected chi connectivity index (χ3v) is 4.50. The minimum absolute atomic E-state index is 0.0645. The van der Waals surface area contributed by atoms with Crippen LogP contribution in [0.3, 0.4) is 0 Å². The molecule has 1 aliphatic carbocycles. The summed E-state index contributed by atoms with van der Waals surface area (Å²) < 4.78 is 26.8. The molecule has 1 aromatic heterocycles. The van der Waals surface area contributed by atoms with Gasteiger partial charge in [-0.15, -0.1) is 0 Å². The van der Waals surface area contributed by atoms with Crippen LogP contribution in [0.4, 0.5) is 8.78 Å². The first-order valence-electron chi connectivity index (χ1n) is 6.71. The minimum atomic E-state index is -2.52. The van der Waals surface area contributed by atoms with E-state index < -0.39 is 5.92 Å². The number of H-pyrrole nitrogens is 1. The molecule has 2 nitrogen and oxygen atoms in total. The maximum atomic E-state index is 13.4. The van der Waals surface area contributed by atoms with Crippen molar-refractivity contribution >= 4 is 10.9 Å². The lowest BCUT2D eigenvalue weighted by atomic mass is 9.67. The Kier molecular flexibility index (Phi) is 2.86. The summed E-state index contributed by atoms with van der Waals surface area (Å²) in [6.45, 7) is 0.424. The number of benzene rings is 1. The second-order valence-corrected chi connectivity index (χ2v) is 5.58. The van der Waals surface area contributed by atoms with E-state index in [2.05, 4.69) is 4.98 Å². The van der Waals surface area contributed by atoms with Crippen LogP contribution in [-0.4, -0.2) is 17.5 Å². The van der Waals surface area contributed by atoms with Crippen LogP contribution in [0.5, 0.6) is 0 Å². The van der Waals surface area contributed by atoms with Crippen molar-refractivity contribution in [3.05, 3.63) is 36.0 Å². The van der Waals surface area contributed by atoms with Crippen LogP contribution in [0.25, 0.3) is 10.9 Å². The van der Waals surface area contributed by atoms with Gasteiger partial charge in [-0.3, -0.25) is 0 Å². The van der Waals surface area contributed by atoms with Crippen molar-refractivity contribution in [1.29, 1.82) is 0 Å². The largest absolute Gasteiger partial charge is 0.361 e. The Balaban J connectivity index is 2.05. The monoisotopic (exact) mass is 264 g/mol. The molecule has 0 unspecified atom stereocenters. The molecule has 1 saturated carbocycles. The van der Waals surface area contributed by atoms with Gasteiger partial charge in [0, 0.05) is 41.9 Å². The normalized spacial score (nSPS) is 21.6. The molecule has 0 atom stereocenters. The third kappa shape index (κ3) is 2.04. The van der Waals surface area contributed by atoms with E-state index in [1.807, 2.05) is 30.5 Å². The van der Waals surface area contributed by atoms with E-state index in [4.69, 9.17) is 5.73 Å². The molecule has 19 heavy (non-hydrogen) atoms. The molecule has 0 aliphatic heterocycles. The Morgan fingerprint density at radius 3 is 2.53 bits per heavy atom. The molecule has 0 amide bonds. The summed E-state index contributed by atoms with van der Waals surface area (Å²) in [5.74, 6) is -2.52. The van der Waals surface area contributed by atoms with Gasteiger partial charge < -0.3 is 10.7 Å². The number of alkyl halides is 2. The molecular formula is C15H18F2N2. The highest BCUT2D eigenvalue weighted by Crippen LogP contribution is 2.46. The summed E-state index contributed by atoms with van der Waals surface area (Å²) >= 11 is 0. The van der Waals surface area contributed by atoms with Gasteiger partial charge in [0.25, 0.3) is 0 Å². The van der Waals surface area contributed by atoms with Gasteiger partial charge >= 0.3 is 0 Å². The molecule has 0 saturated heterocycles. The van der Waals surface area contributed by atoms with E-state index in [0.717, 1.165) is 16.5 Å². The summed E-state index contributed by atoms with van der Waals surface area (Å²) in [5, 5.41) is 1.11. The Morgan fingerprint density at radius 1 is 1.11 bits per heavy atom. The number of hydrogen-bond donors (Lipinski definition) is 2.